The fourth-order valence-electron chi connectivity index (χ4n) is 2.97. The van der Waals surface area contributed by atoms with Gasteiger partial charge in [0.05, 0.1) is 16.6 Å². The number of halogens is 4. The summed E-state index contributed by atoms with van der Waals surface area (Å²) < 4.78 is 50.0. The number of fused-ring (bicyclic) bond motifs is 1. The van der Waals surface area contributed by atoms with Gasteiger partial charge in [-0.05, 0) is 56.0 Å². The van der Waals surface area contributed by atoms with Crippen LogP contribution in [0.1, 0.15) is 21.8 Å². The Hall–Kier alpha value is -1.74. The van der Waals surface area contributed by atoms with Crippen molar-refractivity contribution >= 4 is 47.3 Å². The minimum absolute atomic E-state index is 0.142. The number of hydrogen-bond donors (Lipinski definition) is 0. The van der Waals surface area contributed by atoms with E-state index in [4.69, 9.17) is 16.0 Å². The van der Waals surface area contributed by atoms with Gasteiger partial charge in [-0.15, -0.1) is 11.3 Å². The van der Waals surface area contributed by atoms with Gasteiger partial charge in [-0.25, -0.2) is 4.98 Å². The Bertz CT molecular complexity index is 998. The lowest BCUT2D eigenvalue weighted by atomic mass is 9.93. The van der Waals surface area contributed by atoms with Gasteiger partial charge in [0.15, 0.2) is 14.1 Å². The molecule has 0 amide bonds. The second-order valence-corrected chi connectivity index (χ2v) is 13.5. The third-order valence-electron chi connectivity index (χ3n) is 4.15. The molecule has 0 radical (unpaired) electrons. The van der Waals surface area contributed by atoms with Crippen molar-refractivity contribution in [3.8, 4) is 0 Å². The number of hydrogen-bond acceptors (Lipinski definition) is 4. The standard InChI is InChI=1S/C20H19ClF3NO2SSi/c1-29(2,3)27-19(20(22,23)24,12-16(26)13-8-10-14(21)11-9-13)18-25-15-6-4-5-7-17(15)28-18/h4-11H,12H2,1-3H3. The number of ketones is 1. The Balaban J connectivity index is 2.15. The van der Waals surface area contributed by atoms with Gasteiger partial charge in [-0.3, -0.25) is 4.79 Å². The number of nitrogens with zero attached hydrogens (tertiary/aromatic N) is 1. The lowest BCUT2D eigenvalue weighted by Gasteiger charge is -2.38. The molecule has 1 unspecified atom stereocenters. The number of para-hydroxylation sites is 1. The number of aromatic nitrogens is 1. The third kappa shape index (κ3) is 4.71. The van der Waals surface area contributed by atoms with Crippen LogP contribution in [0.4, 0.5) is 13.2 Å². The highest BCUT2D eigenvalue weighted by Gasteiger charge is 2.61. The molecule has 0 aliphatic heterocycles. The Morgan fingerprint density at radius 2 is 1.72 bits per heavy atom. The van der Waals surface area contributed by atoms with E-state index in [0.717, 1.165) is 11.3 Å². The van der Waals surface area contributed by atoms with E-state index in [1.165, 1.54) is 24.3 Å². The quantitative estimate of drug-likeness (QED) is 0.300. The van der Waals surface area contributed by atoms with Gasteiger partial charge in [0.1, 0.15) is 5.01 Å². The highest BCUT2D eigenvalue weighted by Crippen LogP contribution is 2.49. The summed E-state index contributed by atoms with van der Waals surface area (Å²) in [7, 11) is -2.74. The van der Waals surface area contributed by atoms with E-state index < -0.39 is 32.3 Å². The van der Waals surface area contributed by atoms with Crippen molar-refractivity contribution in [2.24, 2.45) is 0 Å². The molecule has 1 heterocycles. The second kappa shape index (κ2) is 7.83. The van der Waals surface area contributed by atoms with E-state index in [1.54, 1.807) is 43.9 Å². The van der Waals surface area contributed by atoms with Gasteiger partial charge in [0, 0.05) is 10.6 Å². The van der Waals surface area contributed by atoms with Gasteiger partial charge >= 0.3 is 6.18 Å². The van der Waals surface area contributed by atoms with E-state index >= 15 is 0 Å². The topological polar surface area (TPSA) is 39.2 Å². The Labute approximate surface area is 176 Å². The van der Waals surface area contributed by atoms with E-state index in [-0.39, 0.29) is 10.6 Å². The zero-order valence-electron chi connectivity index (χ0n) is 16.0. The second-order valence-electron chi connectivity index (χ2n) is 7.63. The van der Waals surface area contributed by atoms with Crippen LogP contribution >= 0.6 is 22.9 Å². The van der Waals surface area contributed by atoms with Crippen molar-refractivity contribution in [2.75, 3.05) is 0 Å². The number of carbonyl (C=O) groups excluding carboxylic acids is 1. The van der Waals surface area contributed by atoms with Crippen LogP contribution in [0.25, 0.3) is 10.2 Å². The van der Waals surface area contributed by atoms with Crippen molar-refractivity contribution in [3.05, 3.63) is 64.1 Å². The predicted molar refractivity (Wildman–Crippen MR) is 112 cm³/mol. The molecule has 1 atom stereocenters. The first-order valence-electron chi connectivity index (χ1n) is 8.83. The summed E-state index contributed by atoms with van der Waals surface area (Å²) >= 11 is 6.74. The summed E-state index contributed by atoms with van der Waals surface area (Å²) in [5, 5.41) is 0.143. The van der Waals surface area contributed by atoms with Crippen LogP contribution in [-0.2, 0) is 10.0 Å². The molecule has 9 heteroatoms. The molecule has 0 aliphatic rings. The van der Waals surface area contributed by atoms with Crippen molar-refractivity contribution in [1.29, 1.82) is 0 Å². The summed E-state index contributed by atoms with van der Waals surface area (Å²) in [6, 6.07) is 12.6. The molecule has 2 aromatic carbocycles. The van der Waals surface area contributed by atoms with Crippen LogP contribution in [-0.4, -0.2) is 25.3 Å². The normalized spacial score (nSPS) is 14.7. The molecule has 0 fully saturated rings. The van der Waals surface area contributed by atoms with E-state index in [9.17, 15) is 18.0 Å². The summed E-state index contributed by atoms with van der Waals surface area (Å²) in [5.74, 6) is -0.684. The third-order valence-corrected chi connectivity index (χ3v) is 6.55. The van der Waals surface area contributed by atoms with Gasteiger partial charge in [-0.2, -0.15) is 13.2 Å². The maximum atomic E-state index is 14.6. The SMILES string of the molecule is C[Si](C)(C)OC(CC(=O)c1ccc(Cl)cc1)(c1nc2ccccc2s1)C(F)(F)F. The smallest absolute Gasteiger partial charge is 0.398 e. The minimum atomic E-state index is -4.83. The van der Waals surface area contributed by atoms with Crippen LogP contribution < -0.4 is 0 Å². The predicted octanol–water partition coefficient (Wildman–Crippen LogP) is 6.83. The molecule has 0 bridgehead atoms. The van der Waals surface area contributed by atoms with Gasteiger partial charge in [-0.1, -0.05) is 23.7 Å². The van der Waals surface area contributed by atoms with Crippen LogP contribution in [0, 0.1) is 0 Å². The van der Waals surface area contributed by atoms with E-state index in [2.05, 4.69) is 4.98 Å². The first-order valence-corrected chi connectivity index (χ1v) is 13.4. The van der Waals surface area contributed by atoms with Crippen molar-refractivity contribution < 1.29 is 22.4 Å². The summed E-state index contributed by atoms with van der Waals surface area (Å²) in [5.41, 5.74) is -2.22. The molecule has 0 spiro atoms. The molecule has 0 saturated carbocycles. The molecule has 0 N–H and O–H groups in total. The fourth-order valence-corrected chi connectivity index (χ4v) is 5.61. The van der Waals surface area contributed by atoms with Crippen molar-refractivity contribution in [2.45, 2.75) is 37.8 Å². The lowest BCUT2D eigenvalue weighted by molar-refractivity contribution is -0.256. The number of benzene rings is 2. The van der Waals surface area contributed by atoms with Crippen LogP contribution in [0.15, 0.2) is 48.5 Å². The maximum Gasteiger partial charge on any atom is 0.423 e. The van der Waals surface area contributed by atoms with E-state index in [0.29, 0.717) is 15.2 Å². The molecular weight excluding hydrogens is 439 g/mol. The Morgan fingerprint density at radius 1 is 1.10 bits per heavy atom. The van der Waals surface area contributed by atoms with Crippen LogP contribution in [0.5, 0.6) is 0 Å². The Kier molecular flexibility index (Phi) is 5.93. The molecule has 154 valence electrons. The molecule has 1 aromatic heterocycles. The van der Waals surface area contributed by atoms with Crippen LogP contribution in [0.2, 0.25) is 24.7 Å². The largest absolute Gasteiger partial charge is 0.423 e. The van der Waals surface area contributed by atoms with Gasteiger partial charge in [0.25, 0.3) is 0 Å². The summed E-state index contributed by atoms with van der Waals surface area (Å²) in [6.07, 6.45) is -5.72. The zero-order chi connectivity index (χ0) is 21.4. The van der Waals surface area contributed by atoms with Crippen LogP contribution in [0.3, 0.4) is 0 Å². The highest BCUT2D eigenvalue weighted by atomic mass is 35.5. The molecule has 0 aliphatic carbocycles. The zero-order valence-corrected chi connectivity index (χ0v) is 18.6. The van der Waals surface area contributed by atoms with Gasteiger partial charge < -0.3 is 4.43 Å². The highest BCUT2D eigenvalue weighted by molar-refractivity contribution is 7.18. The first-order chi connectivity index (χ1) is 13.4. The van der Waals surface area contributed by atoms with Gasteiger partial charge in [0.2, 0.25) is 5.60 Å². The maximum absolute atomic E-state index is 14.6. The summed E-state index contributed by atoms with van der Waals surface area (Å²) in [4.78, 5) is 17.1. The number of Topliss-reactive ketones (excluding diaryl/α,β-unsaturated/α-hetero) is 1. The molecule has 3 nitrogen and oxygen atoms in total. The van der Waals surface area contributed by atoms with Crippen molar-refractivity contribution in [1.82, 2.24) is 4.98 Å². The molecule has 3 aromatic rings. The molecular formula is C20H19ClF3NO2SSi. The molecule has 0 saturated heterocycles. The number of carbonyl (C=O) groups is 1. The average Bonchev–Trinajstić information content (AvgIpc) is 3.04. The number of rotatable bonds is 6. The molecule has 3 rings (SSSR count). The first kappa shape index (κ1) is 22.0. The minimum Gasteiger partial charge on any atom is -0.398 e. The summed E-state index contributed by atoms with van der Waals surface area (Å²) in [6.45, 7) is 4.98. The Morgan fingerprint density at radius 3 is 2.28 bits per heavy atom. The monoisotopic (exact) mass is 457 g/mol. The average molecular weight is 458 g/mol. The number of thiazole rings is 1. The number of alkyl halides is 3. The fraction of sp³-hybridized carbons (Fsp3) is 0.300. The molecule has 29 heavy (non-hydrogen) atoms. The lowest BCUT2D eigenvalue weighted by Crippen LogP contribution is -2.52. The van der Waals surface area contributed by atoms with Crippen molar-refractivity contribution in [3.63, 3.8) is 0 Å². The van der Waals surface area contributed by atoms with E-state index in [1.807, 2.05) is 0 Å².